The average molecular weight is 539 g/mol. The van der Waals surface area contributed by atoms with E-state index in [-0.39, 0.29) is 23.1 Å². The van der Waals surface area contributed by atoms with Gasteiger partial charge in [-0.25, -0.2) is 4.98 Å². The number of amides is 2. The maximum Gasteiger partial charge on any atom is 0.262 e. The van der Waals surface area contributed by atoms with Crippen LogP contribution >= 0.6 is 11.8 Å². The highest BCUT2D eigenvalue weighted by atomic mass is 32.2. The number of ether oxygens (including phenoxy) is 2. The molecule has 3 aromatic rings. The SMILES string of the molecule is COc1ccc(CCNC(=O)CSc2nc3ccccc3c(=O)n2CCCC(=O)N2CCCC2)cc1OC. The van der Waals surface area contributed by atoms with Gasteiger partial charge in [0, 0.05) is 32.6 Å². The van der Waals surface area contributed by atoms with E-state index in [1.54, 1.807) is 30.9 Å². The number of benzene rings is 2. The summed E-state index contributed by atoms with van der Waals surface area (Å²) in [6.45, 7) is 2.47. The predicted octanol–water partition coefficient (Wildman–Crippen LogP) is 3.27. The van der Waals surface area contributed by atoms with E-state index in [1.165, 1.54) is 11.8 Å². The van der Waals surface area contributed by atoms with Crippen LogP contribution in [0.1, 0.15) is 31.2 Å². The molecule has 2 aromatic carbocycles. The molecule has 202 valence electrons. The molecule has 0 saturated carbocycles. The van der Waals surface area contributed by atoms with Crippen molar-refractivity contribution in [3.05, 3.63) is 58.4 Å². The van der Waals surface area contributed by atoms with Crippen molar-refractivity contribution in [2.45, 2.75) is 43.8 Å². The number of rotatable bonds is 12. The highest BCUT2D eigenvalue weighted by Crippen LogP contribution is 2.27. The number of hydrogen-bond donors (Lipinski definition) is 1. The first kappa shape index (κ1) is 27.5. The summed E-state index contributed by atoms with van der Waals surface area (Å²) in [4.78, 5) is 44.9. The van der Waals surface area contributed by atoms with Crippen molar-refractivity contribution in [3.8, 4) is 11.5 Å². The van der Waals surface area contributed by atoms with E-state index in [0.717, 1.165) is 31.5 Å². The van der Waals surface area contributed by atoms with Crippen molar-refractivity contribution in [1.29, 1.82) is 0 Å². The average Bonchev–Trinajstić information content (AvgIpc) is 3.48. The molecule has 1 aromatic heterocycles. The smallest absolute Gasteiger partial charge is 0.262 e. The number of aromatic nitrogens is 2. The molecule has 0 aliphatic carbocycles. The maximum absolute atomic E-state index is 13.2. The molecule has 38 heavy (non-hydrogen) atoms. The van der Waals surface area contributed by atoms with Gasteiger partial charge in [0.1, 0.15) is 0 Å². The number of carbonyl (C=O) groups is 2. The van der Waals surface area contributed by atoms with Crippen molar-refractivity contribution >= 4 is 34.5 Å². The lowest BCUT2D eigenvalue weighted by Crippen LogP contribution is -2.29. The molecule has 10 heteroatoms. The van der Waals surface area contributed by atoms with E-state index in [0.29, 0.717) is 59.9 Å². The molecular formula is C28H34N4O5S. The molecule has 1 N–H and O–H groups in total. The van der Waals surface area contributed by atoms with Gasteiger partial charge in [-0.2, -0.15) is 0 Å². The molecule has 1 saturated heterocycles. The van der Waals surface area contributed by atoms with Crippen LogP contribution in [0.5, 0.6) is 11.5 Å². The van der Waals surface area contributed by atoms with Gasteiger partial charge < -0.3 is 19.7 Å². The number of nitrogens with one attached hydrogen (secondary N) is 1. The summed E-state index contributed by atoms with van der Waals surface area (Å²) in [5.74, 6) is 1.42. The summed E-state index contributed by atoms with van der Waals surface area (Å²) < 4.78 is 12.2. The lowest BCUT2D eigenvalue weighted by atomic mass is 10.1. The van der Waals surface area contributed by atoms with Gasteiger partial charge >= 0.3 is 0 Å². The van der Waals surface area contributed by atoms with Gasteiger partial charge in [0.25, 0.3) is 5.56 Å². The Bertz CT molecular complexity index is 1340. The lowest BCUT2D eigenvalue weighted by molar-refractivity contribution is -0.130. The first-order valence-corrected chi connectivity index (χ1v) is 13.9. The molecule has 2 heterocycles. The molecular weight excluding hydrogens is 504 g/mol. The summed E-state index contributed by atoms with van der Waals surface area (Å²) in [6.07, 6.45) is 3.68. The van der Waals surface area contributed by atoms with Crippen molar-refractivity contribution in [2.24, 2.45) is 0 Å². The van der Waals surface area contributed by atoms with Gasteiger partial charge in [-0.05, 0) is 55.5 Å². The number of thioether (sulfide) groups is 1. The van der Waals surface area contributed by atoms with Crippen LogP contribution in [0.2, 0.25) is 0 Å². The standard InChI is InChI=1S/C28H34N4O5S/c1-36-23-12-11-20(18-24(23)37-2)13-14-29-25(33)19-38-28-30-22-9-4-3-8-21(22)27(35)32(28)17-7-10-26(34)31-15-5-6-16-31/h3-4,8-9,11-12,18H,5-7,10,13-17,19H2,1-2H3,(H,29,33). The van der Waals surface area contributed by atoms with Crippen LogP contribution in [-0.4, -0.2) is 65.9 Å². The van der Waals surface area contributed by atoms with E-state index in [4.69, 9.17) is 9.47 Å². The summed E-state index contributed by atoms with van der Waals surface area (Å²) in [5.41, 5.74) is 1.46. The van der Waals surface area contributed by atoms with Crippen LogP contribution in [0.4, 0.5) is 0 Å². The Balaban J connectivity index is 1.36. The topological polar surface area (TPSA) is 103 Å². The number of likely N-dealkylation sites (tertiary alicyclic amines) is 1. The molecule has 0 radical (unpaired) electrons. The summed E-state index contributed by atoms with van der Waals surface area (Å²) in [6, 6.07) is 12.9. The Morgan fingerprint density at radius 1 is 1.05 bits per heavy atom. The van der Waals surface area contributed by atoms with E-state index in [9.17, 15) is 14.4 Å². The van der Waals surface area contributed by atoms with Crippen molar-refractivity contribution in [2.75, 3.05) is 39.6 Å². The number of hydrogen-bond acceptors (Lipinski definition) is 7. The Labute approximate surface area is 226 Å². The van der Waals surface area contributed by atoms with Crippen molar-refractivity contribution in [3.63, 3.8) is 0 Å². The van der Waals surface area contributed by atoms with Crippen LogP contribution in [0.3, 0.4) is 0 Å². The van der Waals surface area contributed by atoms with Gasteiger partial charge in [-0.15, -0.1) is 0 Å². The molecule has 0 spiro atoms. The molecule has 0 atom stereocenters. The minimum absolute atomic E-state index is 0.128. The van der Waals surface area contributed by atoms with Gasteiger partial charge in [0.15, 0.2) is 16.7 Å². The molecule has 1 aliphatic rings. The second kappa shape index (κ2) is 13.3. The molecule has 2 amide bonds. The Morgan fingerprint density at radius 2 is 1.82 bits per heavy atom. The maximum atomic E-state index is 13.2. The Morgan fingerprint density at radius 3 is 2.58 bits per heavy atom. The van der Waals surface area contributed by atoms with Crippen LogP contribution in [0.15, 0.2) is 52.4 Å². The number of fused-ring (bicyclic) bond motifs is 1. The largest absolute Gasteiger partial charge is 0.493 e. The van der Waals surface area contributed by atoms with Crippen LogP contribution in [0.25, 0.3) is 10.9 Å². The lowest BCUT2D eigenvalue weighted by Gasteiger charge is -2.16. The quantitative estimate of drug-likeness (QED) is 0.279. The fraction of sp³-hybridized carbons (Fsp3) is 0.429. The monoisotopic (exact) mass is 538 g/mol. The second-order valence-electron chi connectivity index (χ2n) is 9.14. The number of nitrogens with zero attached hydrogens (tertiary/aromatic N) is 3. The minimum Gasteiger partial charge on any atom is -0.493 e. The second-order valence-corrected chi connectivity index (χ2v) is 10.1. The fourth-order valence-electron chi connectivity index (χ4n) is 4.53. The van der Waals surface area contributed by atoms with Gasteiger partial charge in [0.05, 0.1) is 30.9 Å². The summed E-state index contributed by atoms with van der Waals surface area (Å²) >= 11 is 1.23. The molecule has 0 unspecified atom stereocenters. The zero-order valence-electron chi connectivity index (χ0n) is 21.9. The van der Waals surface area contributed by atoms with Gasteiger partial charge in [0.2, 0.25) is 11.8 Å². The first-order valence-electron chi connectivity index (χ1n) is 12.9. The van der Waals surface area contributed by atoms with Crippen molar-refractivity contribution < 1.29 is 19.1 Å². The molecule has 1 fully saturated rings. The summed E-state index contributed by atoms with van der Waals surface area (Å²) in [5, 5.41) is 3.94. The third-order valence-electron chi connectivity index (χ3n) is 6.57. The fourth-order valence-corrected chi connectivity index (χ4v) is 5.39. The number of carbonyl (C=O) groups excluding carboxylic acids is 2. The third-order valence-corrected chi connectivity index (χ3v) is 7.55. The molecule has 9 nitrogen and oxygen atoms in total. The molecule has 0 bridgehead atoms. The van der Waals surface area contributed by atoms with E-state index < -0.39 is 0 Å². The zero-order chi connectivity index (χ0) is 26.9. The summed E-state index contributed by atoms with van der Waals surface area (Å²) in [7, 11) is 3.18. The van der Waals surface area contributed by atoms with E-state index in [2.05, 4.69) is 10.3 Å². The normalized spacial score (nSPS) is 13.1. The Kier molecular flexibility index (Phi) is 9.64. The molecule has 1 aliphatic heterocycles. The van der Waals surface area contributed by atoms with E-state index in [1.807, 2.05) is 35.2 Å². The predicted molar refractivity (Wildman–Crippen MR) is 148 cm³/mol. The molecule has 4 rings (SSSR count). The van der Waals surface area contributed by atoms with Gasteiger partial charge in [-0.3, -0.25) is 19.0 Å². The highest BCUT2D eigenvalue weighted by molar-refractivity contribution is 7.99. The van der Waals surface area contributed by atoms with Crippen LogP contribution < -0.4 is 20.3 Å². The van der Waals surface area contributed by atoms with Crippen molar-refractivity contribution in [1.82, 2.24) is 19.8 Å². The first-order chi connectivity index (χ1) is 18.5. The zero-order valence-corrected chi connectivity index (χ0v) is 22.7. The van der Waals surface area contributed by atoms with E-state index >= 15 is 0 Å². The third kappa shape index (κ3) is 6.86. The number of para-hydroxylation sites is 1. The number of methoxy groups -OCH3 is 2. The van der Waals surface area contributed by atoms with Crippen LogP contribution in [-0.2, 0) is 22.6 Å². The Hall–Kier alpha value is -3.53. The van der Waals surface area contributed by atoms with Gasteiger partial charge in [-0.1, -0.05) is 30.0 Å². The highest BCUT2D eigenvalue weighted by Gasteiger charge is 2.18. The minimum atomic E-state index is -0.152. The van der Waals surface area contributed by atoms with Crippen LogP contribution in [0, 0.1) is 0 Å².